The first-order valence-electron chi connectivity index (χ1n) is 12.4. The average molecular weight is 511 g/mol. The van der Waals surface area contributed by atoms with E-state index in [0.717, 1.165) is 50.8 Å². The van der Waals surface area contributed by atoms with Crippen molar-refractivity contribution >= 4 is 28.1 Å². The molecule has 0 atom stereocenters. The molecule has 5 rings (SSSR count). The minimum Gasteiger partial charge on any atom is -0.433 e. The second-order valence-electron chi connectivity index (χ2n) is 9.00. The molecule has 194 valence electrons. The number of likely N-dealkylation sites (N-methyl/N-ethyl adjacent to an activating group) is 1. The van der Waals surface area contributed by atoms with Gasteiger partial charge in [0.25, 0.3) is 5.88 Å². The zero-order valence-corrected chi connectivity index (χ0v) is 21.1. The molecule has 2 aromatic carbocycles. The molecule has 1 aliphatic heterocycles. The third kappa shape index (κ3) is 4.81. The Kier molecular flexibility index (Phi) is 6.92. The Morgan fingerprint density at radius 1 is 0.919 bits per heavy atom. The third-order valence-corrected chi connectivity index (χ3v) is 6.84. The van der Waals surface area contributed by atoms with Crippen molar-refractivity contribution in [2.45, 2.75) is 27.3 Å². The minimum atomic E-state index is -0.913. The number of aryl methyl sites for hydroxylation is 2. The maximum Gasteiger partial charge on any atom is 0.261 e. The van der Waals surface area contributed by atoms with Crippen molar-refractivity contribution < 1.29 is 17.9 Å². The number of nitrogens with one attached hydrogen (secondary N) is 1. The first kappa shape index (κ1) is 24.9. The van der Waals surface area contributed by atoms with E-state index in [-0.39, 0.29) is 16.7 Å². The van der Waals surface area contributed by atoms with Gasteiger partial charge in [0, 0.05) is 61.2 Å². The van der Waals surface area contributed by atoms with E-state index in [1.807, 2.05) is 31.2 Å². The average Bonchev–Trinajstić information content (AvgIpc) is 3.26. The van der Waals surface area contributed by atoms with Gasteiger partial charge in [0.1, 0.15) is 6.33 Å². The van der Waals surface area contributed by atoms with Crippen LogP contribution in [-0.4, -0.2) is 52.2 Å². The topological polar surface area (TPSA) is 58.4 Å². The summed E-state index contributed by atoms with van der Waals surface area (Å²) in [6.45, 7) is 11.3. The molecule has 1 saturated heterocycles. The largest absolute Gasteiger partial charge is 0.433 e. The van der Waals surface area contributed by atoms with E-state index >= 15 is 8.78 Å². The van der Waals surface area contributed by atoms with Crippen molar-refractivity contribution in [3.63, 3.8) is 0 Å². The highest BCUT2D eigenvalue weighted by Crippen LogP contribution is 2.35. The van der Waals surface area contributed by atoms with E-state index < -0.39 is 29.1 Å². The van der Waals surface area contributed by atoms with Crippen molar-refractivity contribution in [1.82, 2.24) is 19.4 Å². The van der Waals surface area contributed by atoms with Crippen LogP contribution in [0.1, 0.15) is 19.5 Å². The third-order valence-electron chi connectivity index (χ3n) is 6.84. The first-order valence-corrected chi connectivity index (χ1v) is 12.4. The van der Waals surface area contributed by atoms with Crippen molar-refractivity contribution in [2.24, 2.45) is 0 Å². The summed E-state index contributed by atoms with van der Waals surface area (Å²) in [7, 11) is 0. The van der Waals surface area contributed by atoms with Crippen LogP contribution in [0.4, 0.5) is 30.4 Å². The van der Waals surface area contributed by atoms with E-state index in [0.29, 0.717) is 17.9 Å². The molecule has 0 aliphatic carbocycles. The molecule has 2 aromatic heterocycles. The van der Waals surface area contributed by atoms with Gasteiger partial charge in [-0.2, -0.15) is 9.37 Å². The van der Waals surface area contributed by atoms with Crippen LogP contribution >= 0.6 is 0 Å². The molecule has 4 aromatic rings. The standard InChI is InChI=1S/C27H29F3N6O/c1-4-34-10-12-35(13-11-34)19-8-6-18(7-9-19)33-26-24(30)27(32-16-31-26)37-22-15-21(28)25-20(23(22)29)14-17(3)36(25)5-2/h6-9,14-16H,4-5,10-13H2,1-3H3,(H,31,32,33). The predicted octanol–water partition coefficient (Wildman–Crippen LogP) is 5.85. The molecule has 0 unspecified atom stereocenters. The lowest BCUT2D eigenvalue weighted by Gasteiger charge is -2.35. The van der Waals surface area contributed by atoms with Gasteiger partial charge < -0.3 is 24.4 Å². The molecular weight excluding hydrogens is 481 g/mol. The van der Waals surface area contributed by atoms with Crippen molar-refractivity contribution in [1.29, 1.82) is 0 Å². The van der Waals surface area contributed by atoms with E-state index in [1.165, 1.54) is 0 Å². The number of nitrogens with zero attached hydrogens (tertiary/aromatic N) is 5. The van der Waals surface area contributed by atoms with Crippen molar-refractivity contribution in [3.8, 4) is 11.6 Å². The van der Waals surface area contributed by atoms with E-state index in [9.17, 15) is 4.39 Å². The molecule has 0 bridgehead atoms. The molecule has 7 nitrogen and oxygen atoms in total. The van der Waals surface area contributed by atoms with E-state index in [2.05, 4.69) is 32.0 Å². The summed E-state index contributed by atoms with van der Waals surface area (Å²) in [6.07, 6.45) is 1.10. The molecule has 1 aliphatic rings. The van der Waals surface area contributed by atoms with E-state index in [1.54, 1.807) is 17.6 Å². The lowest BCUT2D eigenvalue weighted by molar-refractivity contribution is 0.271. The number of hydrogen-bond donors (Lipinski definition) is 1. The molecule has 37 heavy (non-hydrogen) atoms. The Morgan fingerprint density at radius 2 is 1.65 bits per heavy atom. The van der Waals surface area contributed by atoms with Crippen molar-refractivity contribution in [3.05, 3.63) is 65.9 Å². The molecule has 1 fully saturated rings. The van der Waals surface area contributed by atoms with Gasteiger partial charge in [-0.1, -0.05) is 6.92 Å². The lowest BCUT2D eigenvalue weighted by atomic mass is 10.2. The number of anilines is 3. The molecule has 1 N–H and O–H groups in total. The van der Waals surface area contributed by atoms with Crippen LogP contribution in [0.25, 0.3) is 10.9 Å². The molecule has 0 saturated carbocycles. The maximum atomic E-state index is 15.2. The van der Waals surface area contributed by atoms with Crippen LogP contribution in [0.3, 0.4) is 0 Å². The first-order chi connectivity index (χ1) is 17.9. The van der Waals surface area contributed by atoms with E-state index in [4.69, 9.17) is 4.74 Å². The Balaban J connectivity index is 1.34. The Morgan fingerprint density at radius 3 is 2.32 bits per heavy atom. The summed E-state index contributed by atoms with van der Waals surface area (Å²) in [5, 5.41) is 2.98. The quantitative estimate of drug-likeness (QED) is 0.336. The van der Waals surface area contributed by atoms with Crippen LogP contribution in [0.15, 0.2) is 42.7 Å². The summed E-state index contributed by atoms with van der Waals surface area (Å²) < 4.78 is 52.3. The fourth-order valence-corrected chi connectivity index (χ4v) is 4.79. The van der Waals surface area contributed by atoms with Gasteiger partial charge in [0.15, 0.2) is 23.2 Å². The number of rotatable bonds is 7. The number of ether oxygens (including phenoxy) is 1. The van der Waals surface area contributed by atoms with Crippen LogP contribution in [-0.2, 0) is 6.54 Å². The number of fused-ring (bicyclic) bond motifs is 1. The van der Waals surface area contributed by atoms with Crippen molar-refractivity contribution in [2.75, 3.05) is 42.9 Å². The number of benzene rings is 2. The molecular formula is C27H29F3N6O. The fraction of sp³-hybridized carbons (Fsp3) is 0.333. The molecule has 0 radical (unpaired) electrons. The molecule has 3 heterocycles. The number of halogens is 3. The summed E-state index contributed by atoms with van der Waals surface area (Å²) in [6, 6.07) is 10.1. The van der Waals surface area contributed by atoms with Crippen LogP contribution < -0.4 is 15.0 Å². The van der Waals surface area contributed by atoms with Gasteiger partial charge >= 0.3 is 0 Å². The number of aromatic nitrogens is 3. The summed E-state index contributed by atoms with van der Waals surface area (Å²) in [5.41, 5.74) is 2.57. The normalized spacial score (nSPS) is 14.4. The lowest BCUT2D eigenvalue weighted by Crippen LogP contribution is -2.46. The van der Waals surface area contributed by atoms with Gasteiger partial charge in [-0.15, -0.1) is 0 Å². The SMILES string of the molecule is CCN1CCN(c2ccc(Nc3ncnc(Oc4cc(F)c5c(cc(C)n5CC)c4F)c3F)cc2)CC1. The second kappa shape index (κ2) is 10.3. The smallest absolute Gasteiger partial charge is 0.261 e. The Hall–Kier alpha value is -3.79. The zero-order valence-electron chi connectivity index (χ0n) is 21.1. The fourth-order valence-electron chi connectivity index (χ4n) is 4.79. The van der Waals surface area contributed by atoms with Crippen LogP contribution in [0.5, 0.6) is 11.6 Å². The second-order valence-corrected chi connectivity index (χ2v) is 9.00. The molecule has 0 amide bonds. The summed E-state index contributed by atoms with van der Waals surface area (Å²) in [5.74, 6) is -3.45. The summed E-state index contributed by atoms with van der Waals surface area (Å²) >= 11 is 0. The predicted molar refractivity (Wildman–Crippen MR) is 138 cm³/mol. The minimum absolute atomic E-state index is 0.0679. The van der Waals surface area contributed by atoms with Crippen LogP contribution in [0.2, 0.25) is 0 Å². The zero-order chi connectivity index (χ0) is 26.1. The van der Waals surface area contributed by atoms with Gasteiger partial charge in [0.2, 0.25) is 5.82 Å². The highest BCUT2D eigenvalue weighted by atomic mass is 19.1. The number of hydrogen-bond acceptors (Lipinski definition) is 6. The van der Waals surface area contributed by atoms with Gasteiger partial charge in [-0.25, -0.2) is 13.8 Å². The van der Waals surface area contributed by atoms with Gasteiger partial charge in [-0.05, 0) is 50.7 Å². The monoisotopic (exact) mass is 510 g/mol. The Bertz CT molecular complexity index is 1410. The highest BCUT2D eigenvalue weighted by molar-refractivity contribution is 5.84. The number of piperazine rings is 1. The summed E-state index contributed by atoms with van der Waals surface area (Å²) in [4.78, 5) is 12.5. The van der Waals surface area contributed by atoms with Gasteiger partial charge in [-0.3, -0.25) is 0 Å². The maximum absolute atomic E-state index is 15.2. The molecule has 0 spiro atoms. The van der Waals surface area contributed by atoms with Gasteiger partial charge in [0.05, 0.1) is 5.52 Å². The highest BCUT2D eigenvalue weighted by Gasteiger charge is 2.22. The molecule has 10 heteroatoms. The Labute approximate surface area is 213 Å². The van der Waals surface area contributed by atoms with Crippen LogP contribution in [0, 0.1) is 24.4 Å².